The largest absolute Gasteiger partial charge is 0.616 e. The smallest absolute Gasteiger partial charge is 0.175 e. The molecule has 5 unspecified atom stereocenters. The number of hydrogen-bond donors (Lipinski definition) is 0. The number of aromatic nitrogens is 3. The fraction of sp³-hybridized carbons (Fsp3) is 0.571. The van der Waals surface area contributed by atoms with Crippen molar-refractivity contribution in [1.82, 2.24) is 15.0 Å². The first-order chi connectivity index (χ1) is 13.4. The Hall–Kier alpha value is -1.15. The summed E-state index contributed by atoms with van der Waals surface area (Å²) in [6, 6.07) is 3.78. The second kappa shape index (κ2) is 7.94. The van der Waals surface area contributed by atoms with E-state index < -0.39 is 22.4 Å². The molecule has 2 aromatic heterocycles. The van der Waals surface area contributed by atoms with Crippen LogP contribution < -0.4 is 0 Å². The zero-order valence-corrected chi connectivity index (χ0v) is 18.4. The number of pyridine rings is 1. The molecule has 4 rings (SSSR count). The van der Waals surface area contributed by atoms with E-state index in [-0.39, 0.29) is 17.1 Å². The maximum atomic E-state index is 13.3. The Labute approximate surface area is 173 Å². The molecule has 0 spiro atoms. The van der Waals surface area contributed by atoms with Crippen molar-refractivity contribution < 1.29 is 9.11 Å². The molecule has 2 aliphatic rings. The fourth-order valence-electron chi connectivity index (χ4n) is 4.27. The lowest BCUT2D eigenvalue weighted by Crippen LogP contribution is -2.31. The highest BCUT2D eigenvalue weighted by atomic mass is 32.2. The third-order valence-electron chi connectivity index (χ3n) is 5.94. The first kappa shape index (κ1) is 20.1. The Morgan fingerprint density at radius 3 is 2.50 bits per heavy atom. The predicted octanol–water partition coefficient (Wildman–Crippen LogP) is 3.87. The van der Waals surface area contributed by atoms with Gasteiger partial charge >= 0.3 is 0 Å². The molecule has 0 saturated carbocycles. The summed E-state index contributed by atoms with van der Waals surface area (Å²) >= 11 is -2.12. The van der Waals surface area contributed by atoms with E-state index in [1.54, 1.807) is 6.20 Å². The van der Waals surface area contributed by atoms with Gasteiger partial charge in [0.1, 0.15) is 22.9 Å². The molecule has 2 aliphatic heterocycles. The monoisotopic (exact) mass is 417 g/mol. The third-order valence-corrected chi connectivity index (χ3v) is 9.00. The maximum absolute atomic E-state index is 13.3. The molecule has 0 fully saturated rings. The maximum Gasteiger partial charge on any atom is 0.175 e. The molecule has 0 N–H and O–H groups in total. The number of fused-ring (bicyclic) bond motifs is 2. The summed E-state index contributed by atoms with van der Waals surface area (Å²) in [5, 5.41) is -0.199. The summed E-state index contributed by atoms with van der Waals surface area (Å²) in [5.41, 5.74) is 3.52. The van der Waals surface area contributed by atoms with E-state index in [4.69, 9.17) is 9.97 Å². The zero-order valence-electron chi connectivity index (χ0n) is 16.8. The highest BCUT2D eigenvalue weighted by Crippen LogP contribution is 2.46. The molecule has 0 bridgehead atoms. The van der Waals surface area contributed by atoms with Crippen LogP contribution >= 0.6 is 0 Å². The summed E-state index contributed by atoms with van der Waals surface area (Å²) in [4.78, 5) is 15.0. The molecule has 5 nitrogen and oxygen atoms in total. The first-order valence-corrected chi connectivity index (χ1v) is 12.6. The van der Waals surface area contributed by atoms with Gasteiger partial charge in [-0.05, 0) is 46.3 Å². The van der Waals surface area contributed by atoms with E-state index in [0.29, 0.717) is 23.3 Å². The Kier molecular flexibility index (Phi) is 5.71. The topological polar surface area (TPSA) is 84.8 Å². The van der Waals surface area contributed by atoms with Crippen molar-refractivity contribution in [3.63, 3.8) is 0 Å². The van der Waals surface area contributed by atoms with Crippen LogP contribution in [0.25, 0.3) is 0 Å². The van der Waals surface area contributed by atoms with Crippen LogP contribution in [-0.4, -0.2) is 29.8 Å². The minimum absolute atomic E-state index is 0.177. The minimum Gasteiger partial charge on any atom is -0.616 e. The summed E-state index contributed by atoms with van der Waals surface area (Å²) in [6.45, 7) is 8.65. The number of rotatable bonds is 3. The van der Waals surface area contributed by atoms with Crippen molar-refractivity contribution in [2.45, 2.75) is 61.8 Å². The molecule has 0 aromatic carbocycles. The van der Waals surface area contributed by atoms with Crippen LogP contribution in [0.4, 0.5) is 0 Å². The predicted molar refractivity (Wildman–Crippen MR) is 112 cm³/mol. The molecule has 4 heterocycles. The highest BCUT2D eigenvalue weighted by Gasteiger charge is 2.42. The molecule has 0 aliphatic carbocycles. The Morgan fingerprint density at radius 1 is 1.04 bits per heavy atom. The summed E-state index contributed by atoms with van der Waals surface area (Å²) in [7, 11) is 0. The lowest BCUT2D eigenvalue weighted by molar-refractivity contribution is 0.422. The van der Waals surface area contributed by atoms with Crippen molar-refractivity contribution in [2.24, 2.45) is 11.8 Å². The van der Waals surface area contributed by atoms with E-state index in [0.717, 1.165) is 34.1 Å². The van der Waals surface area contributed by atoms with Gasteiger partial charge in [0.25, 0.3) is 0 Å². The van der Waals surface area contributed by atoms with Gasteiger partial charge in [0.2, 0.25) is 0 Å². The van der Waals surface area contributed by atoms with Gasteiger partial charge < -0.3 is 9.11 Å². The van der Waals surface area contributed by atoms with E-state index in [2.05, 4.69) is 32.7 Å². The zero-order chi connectivity index (χ0) is 20.0. The van der Waals surface area contributed by atoms with Crippen LogP contribution in [0.2, 0.25) is 0 Å². The average molecular weight is 418 g/mol. The standard InChI is InChI=1S/C21H27N3O2S2/c1-12(2)14-8-19(28(26)18-6-5-7-22-21(14)18)16-9-23-20-15(13(3)4)10-27(25)11-17(20)24-16/h5-7,9,12-15,19H,8,10-11H2,1-4H3. The summed E-state index contributed by atoms with van der Waals surface area (Å²) < 4.78 is 25.7. The van der Waals surface area contributed by atoms with Crippen LogP contribution in [0.3, 0.4) is 0 Å². The molecule has 28 heavy (non-hydrogen) atoms. The lowest BCUT2D eigenvalue weighted by atomic mass is 9.86. The molecule has 0 saturated heterocycles. The minimum atomic E-state index is -1.21. The van der Waals surface area contributed by atoms with E-state index in [1.165, 1.54) is 0 Å². The van der Waals surface area contributed by atoms with Gasteiger partial charge in [-0.1, -0.05) is 27.7 Å². The van der Waals surface area contributed by atoms with Crippen LogP contribution in [-0.2, 0) is 28.1 Å². The molecule has 0 radical (unpaired) electrons. The summed E-state index contributed by atoms with van der Waals surface area (Å²) in [6.07, 6.45) is 4.34. The van der Waals surface area contributed by atoms with Gasteiger partial charge in [0.15, 0.2) is 10.1 Å². The molecule has 5 atom stereocenters. The van der Waals surface area contributed by atoms with E-state index in [9.17, 15) is 9.11 Å². The van der Waals surface area contributed by atoms with Gasteiger partial charge in [-0.25, -0.2) is 4.98 Å². The van der Waals surface area contributed by atoms with Crippen LogP contribution in [0.15, 0.2) is 29.4 Å². The fourth-order valence-corrected chi connectivity index (χ4v) is 7.50. The van der Waals surface area contributed by atoms with Crippen molar-refractivity contribution in [2.75, 3.05) is 5.75 Å². The molecular weight excluding hydrogens is 390 g/mol. The molecule has 0 amide bonds. The van der Waals surface area contributed by atoms with Crippen molar-refractivity contribution >= 4 is 22.4 Å². The lowest BCUT2D eigenvalue weighted by Gasteiger charge is -2.34. The normalized spacial score (nSPS) is 29.6. The van der Waals surface area contributed by atoms with Crippen molar-refractivity contribution in [3.8, 4) is 0 Å². The van der Waals surface area contributed by atoms with Gasteiger partial charge in [0.05, 0.1) is 23.5 Å². The third kappa shape index (κ3) is 3.58. The first-order valence-electron chi connectivity index (χ1n) is 9.93. The Bertz CT molecular complexity index is 861. The van der Waals surface area contributed by atoms with E-state index >= 15 is 0 Å². The van der Waals surface area contributed by atoms with Gasteiger partial charge in [-0.15, -0.1) is 0 Å². The van der Waals surface area contributed by atoms with Crippen LogP contribution in [0, 0.1) is 11.8 Å². The number of hydrogen-bond acceptors (Lipinski definition) is 5. The highest BCUT2D eigenvalue weighted by molar-refractivity contribution is 7.91. The average Bonchev–Trinajstić information content (AvgIpc) is 2.67. The van der Waals surface area contributed by atoms with Gasteiger partial charge in [0, 0.05) is 18.5 Å². The van der Waals surface area contributed by atoms with Crippen molar-refractivity contribution in [1.29, 1.82) is 0 Å². The molecule has 7 heteroatoms. The Balaban J connectivity index is 1.73. The van der Waals surface area contributed by atoms with E-state index in [1.807, 2.05) is 18.3 Å². The number of nitrogens with zero attached hydrogens (tertiary/aromatic N) is 3. The quantitative estimate of drug-likeness (QED) is 0.708. The van der Waals surface area contributed by atoms with Crippen LogP contribution in [0.5, 0.6) is 0 Å². The Morgan fingerprint density at radius 2 is 1.79 bits per heavy atom. The molecule has 150 valence electrons. The second-order valence-corrected chi connectivity index (χ2v) is 11.6. The molecular formula is C21H27N3O2S2. The van der Waals surface area contributed by atoms with Crippen LogP contribution in [0.1, 0.15) is 74.0 Å². The second-order valence-electron chi connectivity index (χ2n) is 8.49. The van der Waals surface area contributed by atoms with Gasteiger partial charge in [-0.3, -0.25) is 9.97 Å². The van der Waals surface area contributed by atoms with Gasteiger partial charge in [-0.2, -0.15) is 0 Å². The van der Waals surface area contributed by atoms with Crippen molar-refractivity contribution in [3.05, 3.63) is 47.3 Å². The SMILES string of the molecule is CC(C)C1CC(c2cnc3c(n2)C[S+]([O-])CC3C(C)C)[S+]([O-])c2cccnc21. The molecule has 2 aromatic rings. The summed E-state index contributed by atoms with van der Waals surface area (Å²) in [5.74, 6) is 2.30.